The second kappa shape index (κ2) is 4.85. The van der Waals surface area contributed by atoms with E-state index in [1.54, 1.807) is 0 Å². The Morgan fingerprint density at radius 3 is 2.74 bits per heavy atom. The number of nitrogens with zero attached hydrogens (tertiary/aromatic N) is 1. The van der Waals surface area contributed by atoms with Crippen LogP contribution in [0.4, 0.5) is 5.69 Å². The van der Waals surface area contributed by atoms with Crippen molar-refractivity contribution in [3.8, 4) is 0 Å². The quantitative estimate of drug-likeness (QED) is 0.821. The first-order valence-corrected chi connectivity index (χ1v) is 6.87. The van der Waals surface area contributed by atoms with Crippen LogP contribution in [0.3, 0.4) is 0 Å². The number of carbonyl (C=O) groups is 1. The summed E-state index contributed by atoms with van der Waals surface area (Å²) in [6, 6.07) is 7.74. The molecule has 1 spiro atoms. The van der Waals surface area contributed by atoms with Crippen molar-refractivity contribution in [2.45, 2.75) is 12.8 Å². The Hall–Kier alpha value is -1.55. The Balaban J connectivity index is 1.71. The summed E-state index contributed by atoms with van der Waals surface area (Å²) >= 11 is 0. The summed E-state index contributed by atoms with van der Waals surface area (Å²) in [6.45, 7) is 4.52. The molecule has 0 radical (unpaired) electrons. The number of esters is 1. The van der Waals surface area contributed by atoms with Crippen LogP contribution < -0.4 is 10.2 Å². The van der Waals surface area contributed by atoms with Crippen LogP contribution >= 0.6 is 0 Å². The second-order valence-electron chi connectivity index (χ2n) is 5.64. The topological polar surface area (TPSA) is 41.6 Å². The van der Waals surface area contributed by atoms with Crippen molar-refractivity contribution < 1.29 is 9.53 Å². The first-order chi connectivity index (χ1) is 9.22. The van der Waals surface area contributed by atoms with Gasteiger partial charge in [0.05, 0.1) is 12.7 Å². The first kappa shape index (κ1) is 12.5. The van der Waals surface area contributed by atoms with Gasteiger partial charge >= 0.3 is 5.97 Å². The molecule has 2 fully saturated rings. The van der Waals surface area contributed by atoms with Gasteiger partial charge in [0.1, 0.15) is 0 Å². The molecule has 0 aromatic heterocycles. The summed E-state index contributed by atoms with van der Waals surface area (Å²) in [5.74, 6) is -0.274. The number of hydrogen-bond donors (Lipinski definition) is 1. The lowest BCUT2D eigenvalue weighted by Crippen LogP contribution is -2.29. The maximum absolute atomic E-state index is 11.4. The minimum atomic E-state index is -0.274. The van der Waals surface area contributed by atoms with Crippen molar-refractivity contribution in [1.29, 1.82) is 0 Å². The Morgan fingerprint density at radius 2 is 2.11 bits per heavy atom. The minimum absolute atomic E-state index is 0.274. The monoisotopic (exact) mass is 260 g/mol. The predicted molar refractivity (Wildman–Crippen MR) is 74.5 cm³/mol. The van der Waals surface area contributed by atoms with Crippen LogP contribution in [0.15, 0.2) is 24.3 Å². The van der Waals surface area contributed by atoms with Gasteiger partial charge in [-0.25, -0.2) is 4.79 Å². The molecular formula is C15H20N2O2. The van der Waals surface area contributed by atoms with E-state index in [2.05, 4.69) is 10.2 Å². The SMILES string of the molecule is COC(=O)c1ccc(N2CCC3(CCNC3)C2)cc1. The van der Waals surface area contributed by atoms with Crippen molar-refractivity contribution >= 4 is 11.7 Å². The third-order valence-electron chi connectivity index (χ3n) is 4.42. The number of nitrogens with one attached hydrogen (secondary N) is 1. The molecule has 4 nitrogen and oxygen atoms in total. The van der Waals surface area contributed by atoms with Gasteiger partial charge in [-0.05, 0) is 43.7 Å². The zero-order chi connectivity index (χ0) is 13.3. The largest absolute Gasteiger partial charge is 0.465 e. The molecular weight excluding hydrogens is 240 g/mol. The highest BCUT2D eigenvalue weighted by Gasteiger charge is 2.40. The van der Waals surface area contributed by atoms with Gasteiger partial charge in [-0.15, -0.1) is 0 Å². The molecule has 4 heteroatoms. The van der Waals surface area contributed by atoms with E-state index in [0.717, 1.165) is 26.2 Å². The molecule has 2 heterocycles. The van der Waals surface area contributed by atoms with E-state index in [0.29, 0.717) is 11.0 Å². The fourth-order valence-corrected chi connectivity index (χ4v) is 3.23. The lowest BCUT2D eigenvalue weighted by molar-refractivity contribution is 0.0601. The number of benzene rings is 1. The molecule has 2 aliphatic rings. The normalized spacial score (nSPS) is 26.1. The van der Waals surface area contributed by atoms with Gasteiger partial charge in [0.15, 0.2) is 0 Å². The lowest BCUT2D eigenvalue weighted by atomic mass is 9.86. The fourth-order valence-electron chi connectivity index (χ4n) is 3.23. The molecule has 0 amide bonds. The van der Waals surface area contributed by atoms with Gasteiger partial charge in [-0.2, -0.15) is 0 Å². The lowest BCUT2D eigenvalue weighted by Gasteiger charge is -2.24. The Morgan fingerprint density at radius 1 is 1.32 bits per heavy atom. The van der Waals surface area contributed by atoms with Gasteiger partial charge in [0.2, 0.25) is 0 Å². The molecule has 1 aromatic carbocycles. The standard InChI is InChI=1S/C15H20N2O2/c1-19-14(18)12-2-4-13(5-3-12)17-9-7-15(11-17)6-8-16-10-15/h2-5,16H,6-11H2,1H3. The third-order valence-corrected chi connectivity index (χ3v) is 4.42. The summed E-state index contributed by atoms with van der Waals surface area (Å²) in [7, 11) is 1.41. The molecule has 1 aromatic rings. The summed E-state index contributed by atoms with van der Waals surface area (Å²) in [5.41, 5.74) is 2.29. The van der Waals surface area contributed by atoms with Crippen LogP contribution in [-0.2, 0) is 4.74 Å². The zero-order valence-electron chi connectivity index (χ0n) is 11.3. The summed E-state index contributed by atoms with van der Waals surface area (Å²) in [5, 5.41) is 3.47. The van der Waals surface area contributed by atoms with Crippen molar-refractivity contribution in [2.24, 2.45) is 5.41 Å². The third kappa shape index (κ3) is 2.32. The molecule has 1 atom stereocenters. The van der Waals surface area contributed by atoms with E-state index in [-0.39, 0.29) is 5.97 Å². The van der Waals surface area contributed by atoms with Crippen LogP contribution in [0.1, 0.15) is 23.2 Å². The van der Waals surface area contributed by atoms with E-state index in [1.807, 2.05) is 24.3 Å². The Bertz CT molecular complexity index is 464. The van der Waals surface area contributed by atoms with E-state index in [9.17, 15) is 4.79 Å². The zero-order valence-corrected chi connectivity index (χ0v) is 11.3. The smallest absolute Gasteiger partial charge is 0.337 e. The maximum atomic E-state index is 11.4. The van der Waals surface area contributed by atoms with Crippen LogP contribution in [0.5, 0.6) is 0 Å². The first-order valence-electron chi connectivity index (χ1n) is 6.87. The second-order valence-corrected chi connectivity index (χ2v) is 5.64. The van der Waals surface area contributed by atoms with Gasteiger partial charge in [-0.3, -0.25) is 0 Å². The maximum Gasteiger partial charge on any atom is 0.337 e. The molecule has 0 bridgehead atoms. The van der Waals surface area contributed by atoms with Crippen molar-refractivity contribution in [3.05, 3.63) is 29.8 Å². The molecule has 1 unspecified atom stereocenters. The van der Waals surface area contributed by atoms with Crippen molar-refractivity contribution in [3.63, 3.8) is 0 Å². The van der Waals surface area contributed by atoms with E-state index >= 15 is 0 Å². The van der Waals surface area contributed by atoms with Gasteiger partial charge < -0.3 is 15.0 Å². The molecule has 0 saturated carbocycles. The summed E-state index contributed by atoms with van der Waals surface area (Å²) < 4.78 is 4.72. The van der Waals surface area contributed by atoms with Crippen molar-refractivity contribution in [2.75, 3.05) is 38.2 Å². The number of methoxy groups -OCH3 is 1. The van der Waals surface area contributed by atoms with Crippen LogP contribution in [0.2, 0.25) is 0 Å². The highest BCUT2D eigenvalue weighted by atomic mass is 16.5. The number of carbonyl (C=O) groups excluding carboxylic acids is 1. The number of rotatable bonds is 2. The van der Waals surface area contributed by atoms with Crippen molar-refractivity contribution in [1.82, 2.24) is 5.32 Å². The fraction of sp³-hybridized carbons (Fsp3) is 0.533. The van der Waals surface area contributed by atoms with Gasteiger partial charge in [-0.1, -0.05) is 0 Å². The van der Waals surface area contributed by atoms with Crippen LogP contribution in [0.25, 0.3) is 0 Å². The Kier molecular flexibility index (Phi) is 3.19. The van der Waals surface area contributed by atoms with E-state index in [4.69, 9.17) is 4.74 Å². The molecule has 19 heavy (non-hydrogen) atoms. The summed E-state index contributed by atoms with van der Waals surface area (Å²) in [6.07, 6.45) is 2.54. The molecule has 102 valence electrons. The number of anilines is 1. The highest BCUT2D eigenvalue weighted by molar-refractivity contribution is 5.89. The van der Waals surface area contributed by atoms with E-state index in [1.165, 1.54) is 25.6 Å². The molecule has 2 saturated heterocycles. The Labute approximate surface area is 113 Å². The summed E-state index contributed by atoms with van der Waals surface area (Å²) in [4.78, 5) is 13.8. The molecule has 0 aliphatic carbocycles. The predicted octanol–water partition coefficient (Wildman–Crippen LogP) is 1.66. The van der Waals surface area contributed by atoms with Gasteiger partial charge in [0.25, 0.3) is 0 Å². The minimum Gasteiger partial charge on any atom is -0.465 e. The average molecular weight is 260 g/mol. The number of hydrogen-bond acceptors (Lipinski definition) is 4. The highest BCUT2D eigenvalue weighted by Crippen LogP contribution is 2.38. The van der Waals surface area contributed by atoms with Gasteiger partial charge in [0, 0.05) is 30.7 Å². The van der Waals surface area contributed by atoms with Crippen LogP contribution in [-0.4, -0.2) is 39.3 Å². The molecule has 3 rings (SSSR count). The average Bonchev–Trinajstić information content (AvgIpc) is 3.09. The van der Waals surface area contributed by atoms with E-state index < -0.39 is 0 Å². The number of ether oxygens (including phenoxy) is 1. The molecule has 1 N–H and O–H groups in total. The van der Waals surface area contributed by atoms with Crippen LogP contribution in [0, 0.1) is 5.41 Å². The molecule has 2 aliphatic heterocycles.